The van der Waals surface area contributed by atoms with Crippen LogP contribution in [0.2, 0.25) is 15.1 Å². The average Bonchev–Trinajstić information content (AvgIpc) is 2.70. The molecule has 1 aromatic heterocycles. The largest absolute Gasteiger partial charge is 0.262 e. The molecule has 0 bridgehead atoms. The summed E-state index contributed by atoms with van der Waals surface area (Å²) in [6, 6.07) is 3.41. The summed E-state index contributed by atoms with van der Waals surface area (Å²) in [5.41, 5.74) is 0.799. The van der Waals surface area contributed by atoms with Crippen molar-refractivity contribution in [3.63, 3.8) is 0 Å². The summed E-state index contributed by atoms with van der Waals surface area (Å²) in [6.07, 6.45) is 0. The van der Waals surface area contributed by atoms with Gasteiger partial charge >= 0.3 is 0 Å². The average molecular weight is 309 g/mol. The van der Waals surface area contributed by atoms with Gasteiger partial charge in [-0.3, -0.25) is 5.10 Å². The molecule has 0 spiro atoms. The Morgan fingerprint density at radius 1 is 1.24 bits per heavy atom. The molecule has 17 heavy (non-hydrogen) atoms. The lowest BCUT2D eigenvalue weighted by Gasteiger charge is -2.06. The minimum atomic E-state index is 0.485. The molecule has 0 aliphatic heterocycles. The Bertz CT molecular complexity index is 542. The molecule has 0 atom stereocenters. The monoisotopic (exact) mass is 307 g/mol. The number of H-pyrrole nitrogens is 1. The molecule has 2 rings (SSSR count). The highest BCUT2D eigenvalue weighted by molar-refractivity contribution is 7.98. The molecule has 0 saturated heterocycles. The van der Waals surface area contributed by atoms with Crippen LogP contribution in [0.5, 0.6) is 0 Å². The lowest BCUT2D eigenvalue weighted by Crippen LogP contribution is -1.87. The van der Waals surface area contributed by atoms with E-state index in [2.05, 4.69) is 15.2 Å². The van der Waals surface area contributed by atoms with E-state index in [4.69, 9.17) is 34.8 Å². The summed E-state index contributed by atoms with van der Waals surface area (Å²) >= 11 is 19.5. The first-order chi connectivity index (χ1) is 8.08. The Balaban J connectivity index is 2.16. The maximum Gasteiger partial charge on any atom is 0.208 e. The normalized spacial score (nSPS) is 10.8. The smallest absolute Gasteiger partial charge is 0.208 e. The van der Waals surface area contributed by atoms with Crippen molar-refractivity contribution < 1.29 is 0 Å². The Kier molecular flexibility index (Phi) is 4.20. The molecule has 1 aromatic carbocycles. The summed E-state index contributed by atoms with van der Waals surface area (Å²) < 4.78 is 0. The molecule has 90 valence electrons. The van der Waals surface area contributed by atoms with Crippen molar-refractivity contribution >= 4 is 46.6 Å². The highest BCUT2D eigenvalue weighted by Crippen LogP contribution is 2.34. The topological polar surface area (TPSA) is 41.6 Å². The Morgan fingerprint density at radius 3 is 2.59 bits per heavy atom. The van der Waals surface area contributed by atoms with Crippen LogP contribution < -0.4 is 0 Å². The molecule has 1 N–H and O–H groups in total. The zero-order valence-corrected chi connectivity index (χ0v) is 11.9. The number of benzene rings is 1. The number of hydrogen-bond acceptors (Lipinski definition) is 3. The molecule has 0 radical (unpaired) electrons. The number of halogens is 3. The van der Waals surface area contributed by atoms with E-state index in [1.807, 2.05) is 6.92 Å². The number of nitrogens with zero attached hydrogens (tertiary/aromatic N) is 2. The molecule has 0 aliphatic rings. The zero-order chi connectivity index (χ0) is 12.4. The first-order valence-electron chi connectivity index (χ1n) is 4.72. The highest BCUT2D eigenvalue weighted by Gasteiger charge is 2.11. The van der Waals surface area contributed by atoms with Gasteiger partial charge in [0.15, 0.2) is 0 Å². The molecule has 0 saturated carbocycles. The van der Waals surface area contributed by atoms with Crippen molar-refractivity contribution in [1.29, 1.82) is 0 Å². The third-order valence-electron chi connectivity index (χ3n) is 2.06. The fourth-order valence-electron chi connectivity index (χ4n) is 1.22. The van der Waals surface area contributed by atoms with Crippen LogP contribution in [0.3, 0.4) is 0 Å². The van der Waals surface area contributed by atoms with E-state index in [0.29, 0.717) is 26.0 Å². The number of aromatic nitrogens is 3. The minimum absolute atomic E-state index is 0.485. The first-order valence-corrected chi connectivity index (χ1v) is 6.84. The second-order valence-corrected chi connectivity index (χ2v) is 5.45. The molecule has 0 aliphatic carbocycles. The van der Waals surface area contributed by atoms with Crippen LogP contribution in [0.1, 0.15) is 11.4 Å². The van der Waals surface area contributed by atoms with Gasteiger partial charge in [-0.2, -0.15) is 0 Å². The van der Waals surface area contributed by atoms with Gasteiger partial charge in [0.2, 0.25) is 5.16 Å². The van der Waals surface area contributed by atoms with Crippen molar-refractivity contribution in [1.82, 2.24) is 15.2 Å². The SMILES string of the molecule is Cc1nc(SCc2c(Cl)ccc(Cl)c2Cl)n[nH]1. The predicted molar refractivity (Wildman–Crippen MR) is 72.2 cm³/mol. The fourth-order valence-corrected chi connectivity index (χ4v) is 2.95. The molecule has 3 nitrogen and oxygen atoms in total. The van der Waals surface area contributed by atoms with E-state index in [0.717, 1.165) is 11.4 Å². The van der Waals surface area contributed by atoms with Crippen molar-refractivity contribution in [2.75, 3.05) is 0 Å². The van der Waals surface area contributed by atoms with Gasteiger partial charge in [-0.15, -0.1) is 5.10 Å². The van der Waals surface area contributed by atoms with Gasteiger partial charge in [-0.1, -0.05) is 46.6 Å². The lowest BCUT2D eigenvalue weighted by atomic mass is 10.2. The molecule has 0 fully saturated rings. The maximum absolute atomic E-state index is 6.09. The van der Waals surface area contributed by atoms with Crippen LogP contribution in [0, 0.1) is 6.92 Å². The van der Waals surface area contributed by atoms with Gasteiger partial charge in [-0.25, -0.2) is 4.98 Å². The highest BCUT2D eigenvalue weighted by atomic mass is 35.5. The van der Waals surface area contributed by atoms with Crippen LogP contribution in [-0.4, -0.2) is 15.2 Å². The van der Waals surface area contributed by atoms with Gasteiger partial charge in [0.05, 0.1) is 10.0 Å². The van der Waals surface area contributed by atoms with Crippen molar-refractivity contribution in [2.24, 2.45) is 0 Å². The third kappa shape index (κ3) is 3.07. The second kappa shape index (κ2) is 5.48. The Hall–Kier alpha value is -0.420. The molecule has 2 aromatic rings. The Morgan fingerprint density at radius 2 is 1.94 bits per heavy atom. The van der Waals surface area contributed by atoms with Crippen LogP contribution in [0.25, 0.3) is 0 Å². The second-order valence-electron chi connectivity index (χ2n) is 3.31. The van der Waals surface area contributed by atoms with Crippen molar-refractivity contribution in [3.8, 4) is 0 Å². The molecule has 7 heteroatoms. The van der Waals surface area contributed by atoms with E-state index < -0.39 is 0 Å². The molecule has 1 heterocycles. The molecule has 0 amide bonds. The number of aromatic amines is 1. The van der Waals surface area contributed by atoms with Gasteiger partial charge in [0.1, 0.15) is 5.82 Å². The minimum Gasteiger partial charge on any atom is -0.262 e. The Labute approximate surface area is 118 Å². The molecule has 0 unspecified atom stereocenters. The van der Waals surface area contributed by atoms with Crippen LogP contribution in [0.15, 0.2) is 17.3 Å². The summed E-state index contributed by atoms with van der Waals surface area (Å²) in [6.45, 7) is 1.84. The van der Waals surface area contributed by atoms with E-state index in [9.17, 15) is 0 Å². The first kappa shape index (κ1) is 13.0. The van der Waals surface area contributed by atoms with E-state index in [-0.39, 0.29) is 0 Å². The third-order valence-corrected chi connectivity index (χ3v) is 4.13. The fraction of sp³-hybridized carbons (Fsp3) is 0.200. The number of hydrogen-bond donors (Lipinski definition) is 1. The summed E-state index contributed by atoms with van der Waals surface area (Å²) in [5.74, 6) is 1.35. The van der Waals surface area contributed by atoms with Crippen LogP contribution in [-0.2, 0) is 5.75 Å². The van der Waals surface area contributed by atoms with E-state index in [1.54, 1.807) is 12.1 Å². The van der Waals surface area contributed by atoms with Crippen LogP contribution >= 0.6 is 46.6 Å². The maximum atomic E-state index is 6.09. The lowest BCUT2D eigenvalue weighted by molar-refractivity contribution is 0.969. The summed E-state index contributed by atoms with van der Waals surface area (Å²) in [5, 5.41) is 9.03. The standard InChI is InChI=1S/C10H8Cl3N3S/c1-5-14-10(16-15-5)17-4-6-7(11)2-3-8(12)9(6)13/h2-3H,4H2,1H3,(H,14,15,16). The quantitative estimate of drug-likeness (QED) is 0.676. The summed E-state index contributed by atoms with van der Waals surface area (Å²) in [4.78, 5) is 4.18. The molecular weight excluding hydrogens is 301 g/mol. The van der Waals surface area contributed by atoms with E-state index in [1.165, 1.54) is 11.8 Å². The number of nitrogens with one attached hydrogen (secondary N) is 1. The zero-order valence-electron chi connectivity index (χ0n) is 8.80. The van der Waals surface area contributed by atoms with Crippen LogP contribution in [0.4, 0.5) is 0 Å². The van der Waals surface area contributed by atoms with Gasteiger partial charge in [0.25, 0.3) is 0 Å². The number of rotatable bonds is 3. The van der Waals surface area contributed by atoms with Crippen molar-refractivity contribution in [2.45, 2.75) is 17.8 Å². The predicted octanol–water partition coefficient (Wildman–Crippen LogP) is 4.37. The molecular formula is C10H8Cl3N3S. The number of aryl methyl sites for hydroxylation is 1. The summed E-state index contributed by atoms with van der Waals surface area (Å²) in [7, 11) is 0. The van der Waals surface area contributed by atoms with Gasteiger partial charge < -0.3 is 0 Å². The van der Waals surface area contributed by atoms with Gasteiger partial charge in [-0.05, 0) is 19.1 Å². The van der Waals surface area contributed by atoms with Crippen molar-refractivity contribution in [3.05, 3.63) is 38.6 Å². The van der Waals surface area contributed by atoms with E-state index >= 15 is 0 Å². The number of thioether (sulfide) groups is 1. The van der Waals surface area contributed by atoms with Gasteiger partial charge in [0, 0.05) is 16.3 Å².